The predicted molar refractivity (Wildman–Crippen MR) is 85.7 cm³/mol. The van der Waals surface area contributed by atoms with Gasteiger partial charge < -0.3 is 9.84 Å². The molecule has 1 amide bonds. The van der Waals surface area contributed by atoms with Gasteiger partial charge in [0, 0.05) is 5.56 Å². The van der Waals surface area contributed by atoms with Crippen LogP contribution in [0.25, 0.3) is 0 Å². The molecule has 0 atom stereocenters. The Morgan fingerprint density at radius 2 is 1.92 bits per heavy atom. The van der Waals surface area contributed by atoms with E-state index in [1.165, 1.54) is 24.4 Å². The predicted octanol–water partition coefficient (Wildman–Crippen LogP) is 3.37. The first-order valence-corrected chi connectivity index (χ1v) is 7.05. The molecule has 0 saturated heterocycles. The molecule has 0 bridgehead atoms. The Bertz CT molecular complexity index is 753. The van der Waals surface area contributed by atoms with Crippen LogP contribution in [0.2, 0.25) is 0 Å². The highest BCUT2D eigenvalue weighted by Crippen LogP contribution is 2.25. The van der Waals surface area contributed by atoms with Crippen molar-refractivity contribution in [1.29, 1.82) is 0 Å². The molecule has 126 valence electrons. The number of phenolic OH excluding ortho intramolecular Hbond substituents is 1. The molecule has 2 N–H and O–H groups in total. The summed E-state index contributed by atoms with van der Waals surface area (Å²) < 4.78 is 29.2. The summed E-state index contributed by atoms with van der Waals surface area (Å²) in [5.41, 5.74) is 4.30. The molecule has 24 heavy (non-hydrogen) atoms. The first-order chi connectivity index (χ1) is 11.4. The number of nitrogens with one attached hydrogen (secondary N) is 1. The largest absolute Gasteiger partial charge is 0.508 e. The third-order valence-corrected chi connectivity index (χ3v) is 3.18. The number of halogens is 2. The van der Waals surface area contributed by atoms with Crippen LogP contribution >= 0.6 is 0 Å². The Hall–Kier alpha value is -2.96. The van der Waals surface area contributed by atoms with Gasteiger partial charge in [0.2, 0.25) is 0 Å². The molecule has 7 heteroatoms. The van der Waals surface area contributed by atoms with Crippen molar-refractivity contribution in [2.75, 3.05) is 0 Å². The Labute approximate surface area is 137 Å². The maximum atomic E-state index is 12.3. The zero-order valence-electron chi connectivity index (χ0n) is 13.1. The van der Waals surface area contributed by atoms with Gasteiger partial charge in [-0.05, 0) is 60.9 Å². The third kappa shape index (κ3) is 4.52. The molecule has 0 aliphatic rings. The number of alkyl halides is 2. The van der Waals surface area contributed by atoms with Crippen molar-refractivity contribution in [3.8, 4) is 11.5 Å². The number of phenols is 1. The van der Waals surface area contributed by atoms with E-state index in [-0.39, 0.29) is 17.1 Å². The van der Waals surface area contributed by atoms with Crippen LogP contribution in [0.5, 0.6) is 11.5 Å². The number of amides is 1. The molecule has 0 aliphatic carbocycles. The lowest BCUT2D eigenvalue weighted by Crippen LogP contribution is -2.17. The van der Waals surface area contributed by atoms with E-state index in [1.54, 1.807) is 32.0 Å². The Morgan fingerprint density at radius 3 is 2.50 bits per heavy atom. The third-order valence-electron chi connectivity index (χ3n) is 3.18. The van der Waals surface area contributed by atoms with E-state index in [0.717, 1.165) is 0 Å². The van der Waals surface area contributed by atoms with Crippen molar-refractivity contribution in [2.45, 2.75) is 20.5 Å². The summed E-state index contributed by atoms with van der Waals surface area (Å²) in [6.45, 7) is 0.407. The molecule has 0 spiro atoms. The van der Waals surface area contributed by atoms with Gasteiger partial charge in [-0.3, -0.25) is 4.79 Å². The summed E-state index contributed by atoms with van der Waals surface area (Å²) in [6, 6.07) is 9.09. The normalized spacial score (nSPS) is 11.0. The minimum absolute atomic E-state index is 0.0208. The van der Waals surface area contributed by atoms with Crippen LogP contribution in [0.4, 0.5) is 8.78 Å². The van der Waals surface area contributed by atoms with Gasteiger partial charge >= 0.3 is 6.61 Å². The number of hydrazone groups is 1. The van der Waals surface area contributed by atoms with Crippen molar-refractivity contribution >= 4 is 12.1 Å². The molecule has 0 unspecified atom stereocenters. The monoisotopic (exact) mass is 334 g/mol. The van der Waals surface area contributed by atoms with Gasteiger partial charge in [-0.2, -0.15) is 13.9 Å². The van der Waals surface area contributed by atoms with E-state index in [2.05, 4.69) is 15.3 Å². The number of hydrogen-bond donors (Lipinski definition) is 2. The molecule has 0 fully saturated rings. The van der Waals surface area contributed by atoms with Gasteiger partial charge in [-0.25, -0.2) is 5.43 Å². The molecule has 2 rings (SSSR count). The number of aromatic hydroxyl groups is 1. The second-order valence-electron chi connectivity index (χ2n) is 5.11. The maximum absolute atomic E-state index is 12.3. The van der Waals surface area contributed by atoms with Gasteiger partial charge in [-0.15, -0.1) is 0 Å². The molecule has 2 aromatic rings. The van der Waals surface area contributed by atoms with E-state index < -0.39 is 12.5 Å². The molecular formula is C17H16F2N2O3. The molecular weight excluding hydrogens is 318 g/mol. The lowest BCUT2D eigenvalue weighted by Gasteiger charge is -2.11. The molecule has 0 saturated carbocycles. The smallest absolute Gasteiger partial charge is 0.387 e. The number of ether oxygens (including phenoxy) is 1. The summed E-state index contributed by atoms with van der Waals surface area (Å²) >= 11 is 0. The number of hydrogen-bond acceptors (Lipinski definition) is 4. The van der Waals surface area contributed by atoms with Gasteiger partial charge in [0.15, 0.2) is 0 Å². The SMILES string of the molecule is Cc1cc(/C=N\NC(=O)c2cccc(O)c2)cc(C)c1OC(F)F. The van der Waals surface area contributed by atoms with Crippen LogP contribution in [0.1, 0.15) is 27.0 Å². The molecule has 2 aromatic carbocycles. The highest BCUT2D eigenvalue weighted by atomic mass is 19.3. The Morgan fingerprint density at radius 1 is 1.25 bits per heavy atom. The molecule has 0 heterocycles. The van der Waals surface area contributed by atoms with Crippen molar-refractivity contribution < 1.29 is 23.4 Å². The fourth-order valence-corrected chi connectivity index (χ4v) is 2.21. The van der Waals surface area contributed by atoms with E-state index >= 15 is 0 Å². The average Bonchev–Trinajstić information content (AvgIpc) is 2.50. The highest BCUT2D eigenvalue weighted by Gasteiger charge is 2.11. The van der Waals surface area contributed by atoms with Crippen molar-refractivity contribution in [1.82, 2.24) is 5.43 Å². The van der Waals surface area contributed by atoms with Crippen LogP contribution in [0.15, 0.2) is 41.5 Å². The Balaban J connectivity index is 2.08. The summed E-state index contributed by atoms with van der Waals surface area (Å²) in [4.78, 5) is 11.9. The lowest BCUT2D eigenvalue weighted by molar-refractivity contribution is -0.0507. The summed E-state index contributed by atoms with van der Waals surface area (Å²) in [5, 5.41) is 13.2. The minimum atomic E-state index is -2.89. The number of nitrogens with zero attached hydrogens (tertiary/aromatic N) is 1. The summed E-state index contributed by atoms with van der Waals surface area (Å²) in [7, 11) is 0. The topological polar surface area (TPSA) is 70.9 Å². The minimum Gasteiger partial charge on any atom is -0.508 e. The van der Waals surface area contributed by atoms with E-state index in [9.17, 15) is 18.7 Å². The summed E-state index contributed by atoms with van der Waals surface area (Å²) in [5.74, 6) is -0.369. The molecule has 0 radical (unpaired) electrons. The number of rotatable bonds is 5. The zero-order valence-corrected chi connectivity index (χ0v) is 13.1. The number of carbonyl (C=O) groups is 1. The van der Waals surface area contributed by atoms with Gasteiger partial charge in [0.05, 0.1) is 6.21 Å². The number of benzene rings is 2. The van der Waals surface area contributed by atoms with Gasteiger partial charge in [0.1, 0.15) is 11.5 Å². The van der Waals surface area contributed by atoms with E-state index in [0.29, 0.717) is 16.7 Å². The van der Waals surface area contributed by atoms with Crippen molar-refractivity contribution in [3.63, 3.8) is 0 Å². The van der Waals surface area contributed by atoms with Gasteiger partial charge in [0.25, 0.3) is 5.91 Å². The fraction of sp³-hybridized carbons (Fsp3) is 0.176. The number of aryl methyl sites for hydroxylation is 2. The van der Waals surface area contributed by atoms with Crippen LogP contribution in [-0.2, 0) is 0 Å². The van der Waals surface area contributed by atoms with Crippen molar-refractivity contribution in [2.24, 2.45) is 5.10 Å². The molecule has 0 aromatic heterocycles. The van der Waals surface area contributed by atoms with Crippen LogP contribution < -0.4 is 10.2 Å². The second kappa shape index (κ2) is 7.54. The van der Waals surface area contributed by atoms with Crippen LogP contribution in [0.3, 0.4) is 0 Å². The zero-order chi connectivity index (χ0) is 17.7. The quantitative estimate of drug-likeness (QED) is 0.650. The first kappa shape index (κ1) is 17.4. The van der Waals surface area contributed by atoms with E-state index in [1.807, 2.05) is 0 Å². The molecule has 5 nitrogen and oxygen atoms in total. The first-order valence-electron chi connectivity index (χ1n) is 7.05. The average molecular weight is 334 g/mol. The standard InChI is InChI=1S/C17H16F2N2O3/c1-10-6-12(7-11(2)15(10)24-17(18)19)9-20-21-16(23)13-4-3-5-14(22)8-13/h3-9,17,22H,1-2H3,(H,21,23)/b20-9-. The van der Waals surface area contributed by atoms with Crippen molar-refractivity contribution in [3.05, 3.63) is 58.7 Å². The number of carbonyl (C=O) groups excluding carboxylic acids is 1. The second-order valence-corrected chi connectivity index (χ2v) is 5.11. The van der Waals surface area contributed by atoms with Crippen LogP contribution in [-0.4, -0.2) is 23.8 Å². The summed E-state index contributed by atoms with van der Waals surface area (Å²) in [6.07, 6.45) is 1.40. The van der Waals surface area contributed by atoms with E-state index in [4.69, 9.17) is 0 Å². The Kier molecular flexibility index (Phi) is 5.47. The highest BCUT2D eigenvalue weighted by molar-refractivity contribution is 5.95. The maximum Gasteiger partial charge on any atom is 0.387 e. The van der Waals surface area contributed by atoms with Gasteiger partial charge in [-0.1, -0.05) is 6.07 Å². The fourth-order valence-electron chi connectivity index (χ4n) is 2.21. The van der Waals surface area contributed by atoms with Crippen LogP contribution in [0, 0.1) is 13.8 Å². The molecule has 0 aliphatic heterocycles. The lowest BCUT2D eigenvalue weighted by atomic mass is 10.1.